The summed E-state index contributed by atoms with van der Waals surface area (Å²) in [6.45, 7) is 0. The summed E-state index contributed by atoms with van der Waals surface area (Å²) in [4.78, 5) is 0. The average molecular weight is 499 g/mol. The monoisotopic (exact) mass is 499 g/mol. The third kappa shape index (κ3) is 8.86. The summed E-state index contributed by atoms with van der Waals surface area (Å²) in [6, 6.07) is 0. The van der Waals surface area contributed by atoms with Gasteiger partial charge in [-0.05, 0) is 0 Å². The maximum Gasteiger partial charge on any atom is 2.00 e. The van der Waals surface area contributed by atoms with Crippen molar-refractivity contribution in [2.24, 2.45) is 0 Å². The molecule has 0 spiro atoms. The Morgan fingerprint density at radius 1 is 1.50 bits per heavy atom. The second kappa shape index (κ2) is 16.8. The maximum atomic E-state index is 8.36. The first-order chi connectivity index (χ1) is 1.00. The van der Waals surface area contributed by atoms with Crippen molar-refractivity contribution in [3.63, 3.8) is 0 Å². The van der Waals surface area contributed by atoms with Crippen molar-refractivity contribution in [2.75, 3.05) is 0 Å². The molecule has 0 atom stereocenters. The van der Waals surface area contributed by atoms with E-state index in [0.29, 0.717) is 0 Å². The van der Waals surface area contributed by atoms with Crippen LogP contribution in [0.15, 0.2) is 0 Å². The average Bonchev–Trinajstić information content (AvgIpc) is 1.00. The molecule has 0 aliphatic carbocycles. The summed E-state index contributed by atoms with van der Waals surface area (Å²) in [5, 5.41) is 0. The molecule has 0 N–H and O–H groups in total. The van der Waals surface area contributed by atoms with Crippen LogP contribution in [0.5, 0.6) is 0 Å². The first kappa shape index (κ1) is 15.8. The molecule has 23 valence electrons. The van der Waals surface area contributed by atoms with E-state index in [1.165, 1.54) is 0 Å². The SMILES string of the molecule is [BiH3].[H-].[H-].[O]=[Ta].[Sr+2]. The van der Waals surface area contributed by atoms with Crippen LogP contribution in [0.4, 0.5) is 0 Å². The Morgan fingerprint density at radius 3 is 1.50 bits per heavy atom. The minimum Gasteiger partial charge on any atom is 2.00 e. The zero-order valence-electron chi connectivity index (χ0n) is 4.27. The molecule has 0 aliphatic rings. The molecule has 1 nitrogen and oxygen atoms in total. The van der Waals surface area contributed by atoms with Gasteiger partial charge < -0.3 is 2.85 Å². The molecule has 0 fully saturated rings. The fourth-order valence-electron chi connectivity index (χ4n) is 0. The normalized spacial score (nSPS) is 0.750. The fourth-order valence-corrected chi connectivity index (χ4v) is 0. The Hall–Kier alpha value is 2.90. The van der Waals surface area contributed by atoms with Crippen molar-refractivity contribution >= 4 is 71.7 Å². The molecule has 0 amide bonds. The van der Waals surface area contributed by atoms with Crippen LogP contribution < -0.4 is 0 Å². The van der Waals surface area contributed by atoms with Gasteiger partial charge in [-0.2, -0.15) is 0 Å². The number of rotatable bonds is 0. The first-order valence-corrected chi connectivity index (χ1v) is 1.49. The Morgan fingerprint density at radius 2 is 1.50 bits per heavy atom. The van der Waals surface area contributed by atoms with Crippen LogP contribution in [0.1, 0.15) is 2.85 Å². The van der Waals surface area contributed by atoms with Crippen LogP contribution >= 0.6 is 0 Å². The van der Waals surface area contributed by atoms with Crippen LogP contribution in [-0.2, 0) is 24.3 Å². The molecule has 0 saturated carbocycles. The molecular weight excluding hydrogens is 494 g/mol. The van der Waals surface area contributed by atoms with Crippen molar-refractivity contribution in [1.82, 2.24) is 0 Å². The van der Waals surface area contributed by atoms with E-state index in [9.17, 15) is 0 Å². The molecule has 4 heavy (non-hydrogen) atoms. The van der Waals surface area contributed by atoms with E-state index in [-0.39, 0.29) is 95.6 Å². The predicted octanol–water partition coefficient (Wildman–Crippen LogP) is -1.46. The maximum absolute atomic E-state index is 8.36. The van der Waals surface area contributed by atoms with Gasteiger partial charge in [0, 0.05) is 0 Å². The van der Waals surface area contributed by atoms with Gasteiger partial charge in [-0.25, -0.2) is 0 Å². The van der Waals surface area contributed by atoms with Gasteiger partial charge in [0.1, 0.15) is 0 Å². The van der Waals surface area contributed by atoms with Crippen LogP contribution in [0.25, 0.3) is 0 Å². The zero-order valence-corrected chi connectivity index (χ0v) is 14.5. The van der Waals surface area contributed by atoms with Gasteiger partial charge in [0.15, 0.2) is 0 Å². The molecule has 0 saturated heterocycles. The minimum atomic E-state index is 0. The van der Waals surface area contributed by atoms with E-state index >= 15 is 0 Å². The molecule has 4 heteroatoms. The van der Waals surface area contributed by atoms with Crippen LogP contribution in [-0.4, -0.2) is 71.7 Å². The standard InChI is InChI=1S/Bi.O.Sr.Ta.5H/q;;+2;;;;;2*-1. The minimum absolute atomic E-state index is 0. The van der Waals surface area contributed by atoms with E-state index in [2.05, 4.69) is 0 Å². The van der Waals surface area contributed by atoms with Gasteiger partial charge >= 0.3 is 96.0 Å². The molecule has 0 aromatic carbocycles. The topological polar surface area (TPSA) is 17.1 Å². The molecule has 0 unspecified atom stereocenters. The zero-order chi connectivity index (χ0) is 2.00. The number of hydrogen-bond donors (Lipinski definition) is 0. The second-order valence-electron chi connectivity index (χ2n) is 0. The van der Waals surface area contributed by atoms with Gasteiger partial charge in [0.2, 0.25) is 0 Å². The Kier molecular flexibility index (Phi) is 66.5. The van der Waals surface area contributed by atoms with E-state index in [0.717, 1.165) is 0 Å². The van der Waals surface area contributed by atoms with Gasteiger partial charge in [-0.3, -0.25) is 0 Å². The van der Waals surface area contributed by atoms with Gasteiger partial charge in [0.25, 0.3) is 0 Å². The molecule has 0 aliphatic heterocycles. The molecule has 0 rings (SSSR count). The Labute approximate surface area is 96.5 Å². The van der Waals surface area contributed by atoms with E-state index in [1.54, 1.807) is 0 Å². The Balaban J connectivity index is -0.000000000833. The summed E-state index contributed by atoms with van der Waals surface area (Å²) in [5.74, 6) is 0. The van der Waals surface area contributed by atoms with Crippen molar-refractivity contribution in [1.29, 1.82) is 0 Å². The summed E-state index contributed by atoms with van der Waals surface area (Å²) in [7, 11) is 0. The molecule has 0 heterocycles. The largest absolute Gasteiger partial charge is 2.00 e. The first-order valence-electron chi connectivity index (χ1n) is 0.183. The van der Waals surface area contributed by atoms with E-state index < -0.39 is 0 Å². The molecule has 0 aromatic heterocycles. The third-order valence-corrected chi connectivity index (χ3v) is 0. The number of hydrogen-bond acceptors (Lipinski definition) is 1. The molecule has 0 bridgehead atoms. The van der Waals surface area contributed by atoms with Gasteiger partial charge in [0.05, 0.1) is 0 Å². The summed E-state index contributed by atoms with van der Waals surface area (Å²) in [5.41, 5.74) is 0. The van der Waals surface area contributed by atoms with Crippen LogP contribution in [0.3, 0.4) is 0 Å². The molecule has 0 aromatic rings. The van der Waals surface area contributed by atoms with Crippen molar-refractivity contribution in [2.45, 2.75) is 0 Å². The Bertz CT molecular complexity index is 13.5. The smallest absolute Gasteiger partial charge is 2.00 e. The van der Waals surface area contributed by atoms with E-state index in [1.807, 2.05) is 0 Å². The van der Waals surface area contributed by atoms with Gasteiger partial charge in [-0.15, -0.1) is 0 Å². The van der Waals surface area contributed by atoms with Crippen LogP contribution in [0.2, 0.25) is 0 Å². The quantitative estimate of drug-likeness (QED) is 0.374. The fraction of sp³-hybridized carbons (Fsp3) is 0. The van der Waals surface area contributed by atoms with Gasteiger partial charge in [-0.1, -0.05) is 0 Å². The summed E-state index contributed by atoms with van der Waals surface area (Å²) >= 11 is 0.194. The second-order valence-corrected chi connectivity index (χ2v) is 0. The van der Waals surface area contributed by atoms with Crippen molar-refractivity contribution in [3.8, 4) is 0 Å². The molecule has 0 radical (unpaired) electrons. The third-order valence-electron chi connectivity index (χ3n) is 0. The summed E-state index contributed by atoms with van der Waals surface area (Å²) < 4.78 is 8.36. The van der Waals surface area contributed by atoms with Crippen LogP contribution in [0, 0.1) is 0 Å². The predicted molar refractivity (Wildman–Crippen MR) is 18.6 cm³/mol. The molecular formula is H5BiOSrTa. The summed E-state index contributed by atoms with van der Waals surface area (Å²) in [6.07, 6.45) is 0. The van der Waals surface area contributed by atoms with Crippen molar-refractivity contribution in [3.05, 3.63) is 0 Å². The van der Waals surface area contributed by atoms with E-state index in [4.69, 9.17) is 3.25 Å². The van der Waals surface area contributed by atoms with Crippen molar-refractivity contribution < 1.29 is 27.1 Å².